The van der Waals surface area contributed by atoms with Crippen molar-refractivity contribution in [2.45, 2.75) is 82.8 Å². The molecule has 0 radical (unpaired) electrons. The summed E-state index contributed by atoms with van der Waals surface area (Å²) in [6.07, 6.45) is 10.6. The zero-order chi connectivity index (χ0) is 20.3. The quantitative estimate of drug-likeness (QED) is 0.607. The molecule has 0 bridgehead atoms. The molecule has 0 atom stereocenters. The van der Waals surface area contributed by atoms with Crippen LogP contribution in [-0.4, -0.2) is 58.5 Å². The molecule has 4 rings (SSSR count). The summed E-state index contributed by atoms with van der Waals surface area (Å²) in [7, 11) is 0. The molecule has 29 heavy (non-hydrogen) atoms. The normalized spacial score (nSPS) is 23.3. The van der Waals surface area contributed by atoms with Gasteiger partial charge < -0.3 is 9.80 Å². The average molecular weight is 418 g/mol. The third kappa shape index (κ3) is 4.59. The molecule has 3 fully saturated rings. The van der Waals surface area contributed by atoms with Gasteiger partial charge in [0, 0.05) is 49.3 Å². The van der Waals surface area contributed by atoms with Gasteiger partial charge in [0.1, 0.15) is 0 Å². The summed E-state index contributed by atoms with van der Waals surface area (Å²) in [5.74, 6) is 0. The zero-order valence-corrected chi connectivity index (χ0v) is 18.7. The first kappa shape index (κ1) is 21.0. The van der Waals surface area contributed by atoms with E-state index in [4.69, 9.17) is 11.6 Å². The Balaban J connectivity index is 1.44. The minimum atomic E-state index is 0.0886. The average Bonchev–Trinajstić information content (AvgIpc) is 3.25. The second-order valence-corrected chi connectivity index (χ2v) is 9.74. The van der Waals surface area contributed by atoms with E-state index >= 15 is 0 Å². The van der Waals surface area contributed by atoms with E-state index in [1.165, 1.54) is 31.2 Å². The predicted octanol–water partition coefficient (Wildman–Crippen LogP) is 5.55. The molecule has 1 aromatic carbocycles. The standard InChI is InChI=1S/C24H36ClN3O/c1-2-3-15-27-18-14-24(28(23(27)29)22-6-4-5-7-22)12-16-26(17-13-24)19-20-8-10-21(25)11-9-20/h8-11,22H,2-7,12-19H2,1H3. The number of nitrogens with zero attached hydrogens (tertiary/aromatic N) is 3. The molecule has 1 aliphatic carbocycles. The lowest BCUT2D eigenvalue weighted by atomic mass is 9.79. The van der Waals surface area contributed by atoms with Gasteiger partial charge in [0.25, 0.3) is 0 Å². The van der Waals surface area contributed by atoms with E-state index in [-0.39, 0.29) is 5.54 Å². The van der Waals surface area contributed by atoms with Crippen molar-refractivity contribution in [1.82, 2.24) is 14.7 Å². The van der Waals surface area contributed by atoms with Gasteiger partial charge in [-0.2, -0.15) is 0 Å². The lowest BCUT2D eigenvalue weighted by Crippen LogP contribution is -2.67. The molecule has 2 saturated heterocycles. The Hall–Kier alpha value is -1.26. The van der Waals surface area contributed by atoms with Crippen LogP contribution in [0.2, 0.25) is 5.02 Å². The number of urea groups is 1. The van der Waals surface area contributed by atoms with Crippen molar-refractivity contribution in [3.8, 4) is 0 Å². The molecule has 1 spiro atoms. The molecule has 0 N–H and O–H groups in total. The molecular weight excluding hydrogens is 382 g/mol. The fraction of sp³-hybridized carbons (Fsp3) is 0.708. The van der Waals surface area contributed by atoms with Gasteiger partial charge in [0.05, 0.1) is 0 Å². The molecule has 1 aromatic rings. The topological polar surface area (TPSA) is 26.8 Å². The largest absolute Gasteiger partial charge is 0.325 e. The van der Waals surface area contributed by atoms with Crippen LogP contribution >= 0.6 is 11.6 Å². The van der Waals surface area contributed by atoms with E-state index in [1.54, 1.807) is 0 Å². The van der Waals surface area contributed by atoms with E-state index in [0.29, 0.717) is 12.1 Å². The van der Waals surface area contributed by atoms with E-state index in [0.717, 1.165) is 69.9 Å². The summed E-state index contributed by atoms with van der Waals surface area (Å²) in [5, 5.41) is 0.798. The molecule has 4 nitrogen and oxygen atoms in total. The number of likely N-dealkylation sites (tertiary alicyclic amines) is 1. The second-order valence-electron chi connectivity index (χ2n) is 9.31. The van der Waals surface area contributed by atoms with Crippen LogP contribution in [0.15, 0.2) is 24.3 Å². The highest BCUT2D eigenvalue weighted by molar-refractivity contribution is 6.30. The Labute approximate surface area is 181 Å². The molecule has 5 heteroatoms. The first-order valence-electron chi connectivity index (χ1n) is 11.7. The molecule has 0 aromatic heterocycles. The Morgan fingerprint density at radius 1 is 1.03 bits per heavy atom. The van der Waals surface area contributed by atoms with E-state index in [1.807, 2.05) is 12.1 Å². The van der Waals surface area contributed by atoms with Crippen LogP contribution in [0.3, 0.4) is 0 Å². The predicted molar refractivity (Wildman–Crippen MR) is 119 cm³/mol. The van der Waals surface area contributed by atoms with Gasteiger partial charge in [-0.25, -0.2) is 4.79 Å². The van der Waals surface area contributed by atoms with Crippen LogP contribution in [0.25, 0.3) is 0 Å². The van der Waals surface area contributed by atoms with Crippen LogP contribution < -0.4 is 0 Å². The van der Waals surface area contributed by atoms with Gasteiger partial charge in [-0.05, 0) is 56.2 Å². The maximum Gasteiger partial charge on any atom is 0.320 e. The van der Waals surface area contributed by atoms with Crippen LogP contribution in [0, 0.1) is 0 Å². The second kappa shape index (κ2) is 9.26. The molecule has 1 saturated carbocycles. The third-order valence-corrected chi connectivity index (χ3v) is 7.66. The van der Waals surface area contributed by atoms with Gasteiger partial charge in [0.15, 0.2) is 0 Å². The number of rotatable bonds is 6. The van der Waals surface area contributed by atoms with Gasteiger partial charge in [-0.3, -0.25) is 4.90 Å². The number of piperidine rings is 1. The first-order valence-corrected chi connectivity index (χ1v) is 12.0. The van der Waals surface area contributed by atoms with Crippen LogP contribution in [0.1, 0.15) is 70.3 Å². The SMILES string of the molecule is CCCCN1CCC2(CCN(Cc3ccc(Cl)cc3)CC2)N(C2CCCC2)C1=O. The number of unbranched alkanes of at least 4 members (excludes halogenated alkanes) is 1. The number of hydrogen-bond acceptors (Lipinski definition) is 2. The van der Waals surface area contributed by atoms with Crippen LogP contribution in [0.4, 0.5) is 4.79 Å². The molecule has 160 valence electrons. The first-order chi connectivity index (χ1) is 14.1. The fourth-order valence-electron chi connectivity index (χ4n) is 5.64. The summed E-state index contributed by atoms with van der Waals surface area (Å²) >= 11 is 6.03. The van der Waals surface area contributed by atoms with Crippen molar-refractivity contribution < 1.29 is 4.79 Å². The molecule has 2 aliphatic heterocycles. The number of carbonyl (C=O) groups is 1. The summed E-state index contributed by atoms with van der Waals surface area (Å²) in [6.45, 7) is 7.22. The van der Waals surface area contributed by atoms with Crippen molar-refractivity contribution in [3.63, 3.8) is 0 Å². The molecular formula is C24H36ClN3O. The Bertz CT molecular complexity index is 678. The molecule has 0 unspecified atom stereocenters. The van der Waals surface area contributed by atoms with Crippen molar-refractivity contribution in [1.29, 1.82) is 0 Å². The number of benzene rings is 1. The van der Waals surface area contributed by atoms with Crippen molar-refractivity contribution >= 4 is 17.6 Å². The maximum atomic E-state index is 13.5. The van der Waals surface area contributed by atoms with E-state index < -0.39 is 0 Å². The van der Waals surface area contributed by atoms with Crippen LogP contribution in [0.5, 0.6) is 0 Å². The monoisotopic (exact) mass is 417 g/mol. The maximum absolute atomic E-state index is 13.5. The van der Waals surface area contributed by atoms with Crippen LogP contribution in [-0.2, 0) is 6.54 Å². The summed E-state index contributed by atoms with van der Waals surface area (Å²) in [6, 6.07) is 9.03. The van der Waals surface area contributed by atoms with Gasteiger partial charge in [-0.15, -0.1) is 0 Å². The number of hydrogen-bond donors (Lipinski definition) is 0. The third-order valence-electron chi connectivity index (χ3n) is 7.41. The minimum Gasteiger partial charge on any atom is -0.325 e. The lowest BCUT2D eigenvalue weighted by molar-refractivity contribution is -0.0247. The molecule has 3 aliphatic rings. The van der Waals surface area contributed by atoms with Gasteiger partial charge in [-0.1, -0.05) is 49.9 Å². The highest BCUT2D eigenvalue weighted by atomic mass is 35.5. The molecule has 2 amide bonds. The number of amides is 2. The Morgan fingerprint density at radius 2 is 1.69 bits per heavy atom. The van der Waals surface area contributed by atoms with E-state index in [9.17, 15) is 4.79 Å². The molecule has 2 heterocycles. The summed E-state index contributed by atoms with van der Waals surface area (Å²) < 4.78 is 0. The van der Waals surface area contributed by atoms with E-state index in [2.05, 4.69) is 33.8 Å². The highest BCUT2D eigenvalue weighted by Gasteiger charge is 2.49. The minimum absolute atomic E-state index is 0.0886. The van der Waals surface area contributed by atoms with Crippen molar-refractivity contribution in [3.05, 3.63) is 34.9 Å². The van der Waals surface area contributed by atoms with Gasteiger partial charge in [0.2, 0.25) is 0 Å². The highest BCUT2D eigenvalue weighted by Crippen LogP contribution is 2.41. The summed E-state index contributed by atoms with van der Waals surface area (Å²) in [5.41, 5.74) is 1.41. The number of carbonyl (C=O) groups excluding carboxylic acids is 1. The zero-order valence-electron chi connectivity index (χ0n) is 17.9. The Morgan fingerprint density at radius 3 is 2.34 bits per heavy atom. The van der Waals surface area contributed by atoms with Gasteiger partial charge >= 0.3 is 6.03 Å². The summed E-state index contributed by atoms with van der Waals surface area (Å²) in [4.78, 5) is 20.6. The fourth-order valence-corrected chi connectivity index (χ4v) is 5.77. The van der Waals surface area contributed by atoms with Crippen molar-refractivity contribution in [2.75, 3.05) is 26.2 Å². The van der Waals surface area contributed by atoms with Crippen molar-refractivity contribution in [2.24, 2.45) is 0 Å². The smallest absolute Gasteiger partial charge is 0.320 e. The Kier molecular flexibility index (Phi) is 6.70. The lowest BCUT2D eigenvalue weighted by Gasteiger charge is -2.56. The number of halogens is 1.